The Balaban J connectivity index is 1.90. The smallest absolute Gasteiger partial charge is 0.293 e. The van der Waals surface area contributed by atoms with Crippen LogP contribution < -0.4 is 0 Å². The molecule has 0 unspecified atom stereocenters. The number of aryl methyl sites for hydroxylation is 2. The molecule has 0 aliphatic carbocycles. The Labute approximate surface area is 124 Å². The number of hydrogen-bond donors (Lipinski definition) is 0. The van der Waals surface area contributed by atoms with Crippen LogP contribution in [0.3, 0.4) is 0 Å². The van der Waals surface area contributed by atoms with E-state index in [1.54, 1.807) is 6.07 Å². The van der Waals surface area contributed by atoms with Gasteiger partial charge in [0, 0.05) is 30.5 Å². The number of amides is 1. The summed E-state index contributed by atoms with van der Waals surface area (Å²) in [6.45, 7) is 7.77. The molecule has 1 atom stereocenters. The van der Waals surface area contributed by atoms with Crippen LogP contribution in [0.25, 0.3) is 0 Å². The number of nitrogens with zero attached hydrogens (tertiary/aromatic N) is 3. The molecule has 0 saturated carbocycles. The van der Waals surface area contributed by atoms with Gasteiger partial charge in [0.25, 0.3) is 5.91 Å². The monoisotopic (exact) mass is 287 g/mol. The maximum atomic E-state index is 12.7. The van der Waals surface area contributed by atoms with Crippen molar-refractivity contribution >= 4 is 5.91 Å². The molecule has 0 N–H and O–H groups in total. The molecule has 3 rings (SSSR count). The van der Waals surface area contributed by atoms with E-state index in [-0.39, 0.29) is 11.9 Å². The minimum absolute atomic E-state index is 0.0563. The molecular formula is C16H21N3O2. The highest BCUT2D eigenvalue weighted by atomic mass is 16.5. The van der Waals surface area contributed by atoms with E-state index in [0.717, 1.165) is 25.1 Å². The largest absolute Gasteiger partial charge is 0.351 e. The van der Waals surface area contributed by atoms with E-state index in [4.69, 9.17) is 4.52 Å². The van der Waals surface area contributed by atoms with Crippen molar-refractivity contribution in [1.82, 2.24) is 14.6 Å². The zero-order valence-corrected chi connectivity index (χ0v) is 12.8. The molecule has 1 aliphatic heterocycles. The van der Waals surface area contributed by atoms with E-state index in [1.807, 2.05) is 11.8 Å². The highest BCUT2D eigenvalue weighted by Crippen LogP contribution is 2.31. The predicted molar refractivity (Wildman–Crippen MR) is 79.1 cm³/mol. The van der Waals surface area contributed by atoms with Gasteiger partial charge < -0.3 is 14.0 Å². The van der Waals surface area contributed by atoms with E-state index in [1.165, 1.54) is 11.4 Å². The average molecular weight is 287 g/mol. The quantitative estimate of drug-likeness (QED) is 0.872. The first-order chi connectivity index (χ1) is 10.2. The van der Waals surface area contributed by atoms with Crippen LogP contribution >= 0.6 is 0 Å². The van der Waals surface area contributed by atoms with Crippen LogP contribution in [0.2, 0.25) is 0 Å². The first-order valence-electron chi connectivity index (χ1n) is 7.58. The Kier molecular flexibility index (Phi) is 3.57. The van der Waals surface area contributed by atoms with Gasteiger partial charge in [-0.15, -0.1) is 0 Å². The average Bonchev–Trinajstić information content (AvgIpc) is 3.12. The van der Waals surface area contributed by atoms with Gasteiger partial charge in [-0.3, -0.25) is 4.79 Å². The van der Waals surface area contributed by atoms with Gasteiger partial charge in [0.05, 0.1) is 11.7 Å². The number of aromatic nitrogens is 2. The number of rotatable bonds is 3. The summed E-state index contributed by atoms with van der Waals surface area (Å²) in [7, 11) is 0. The molecule has 2 aromatic rings. The highest BCUT2D eigenvalue weighted by Gasteiger charge is 2.32. The van der Waals surface area contributed by atoms with Crippen molar-refractivity contribution in [2.24, 2.45) is 0 Å². The fraction of sp³-hybridized carbons (Fsp3) is 0.500. The Hall–Kier alpha value is -2.04. The van der Waals surface area contributed by atoms with Crippen LogP contribution in [0.15, 0.2) is 22.7 Å². The van der Waals surface area contributed by atoms with E-state index in [2.05, 4.69) is 35.7 Å². The molecule has 5 heteroatoms. The molecule has 5 nitrogen and oxygen atoms in total. The van der Waals surface area contributed by atoms with Crippen LogP contribution in [0, 0.1) is 6.92 Å². The van der Waals surface area contributed by atoms with Gasteiger partial charge in [-0.2, -0.15) is 0 Å². The van der Waals surface area contributed by atoms with Gasteiger partial charge in [0.2, 0.25) is 5.76 Å². The Bertz CT molecular complexity index is 656. The Morgan fingerprint density at radius 3 is 2.86 bits per heavy atom. The lowest BCUT2D eigenvalue weighted by molar-refractivity contribution is 0.0574. The lowest BCUT2D eigenvalue weighted by atomic mass is 10.1. The zero-order valence-electron chi connectivity index (χ0n) is 12.8. The molecule has 1 aliphatic rings. The van der Waals surface area contributed by atoms with Crippen molar-refractivity contribution < 1.29 is 9.32 Å². The van der Waals surface area contributed by atoms with Gasteiger partial charge in [-0.1, -0.05) is 19.0 Å². The van der Waals surface area contributed by atoms with Crippen LogP contribution in [0.4, 0.5) is 0 Å². The van der Waals surface area contributed by atoms with Crippen molar-refractivity contribution in [3.63, 3.8) is 0 Å². The second kappa shape index (κ2) is 5.39. The lowest BCUT2D eigenvalue weighted by Crippen LogP contribution is -2.41. The zero-order chi connectivity index (χ0) is 15.0. The van der Waals surface area contributed by atoms with E-state index in [0.29, 0.717) is 12.3 Å². The molecule has 21 heavy (non-hydrogen) atoms. The summed E-state index contributed by atoms with van der Waals surface area (Å²) in [5.41, 5.74) is 3.29. The summed E-state index contributed by atoms with van der Waals surface area (Å²) in [5.74, 6) is 0.293. The maximum Gasteiger partial charge on any atom is 0.293 e. The van der Waals surface area contributed by atoms with Crippen molar-refractivity contribution in [3.05, 3.63) is 41.0 Å². The predicted octanol–water partition coefficient (Wildman–Crippen LogP) is 2.95. The molecule has 0 bridgehead atoms. The van der Waals surface area contributed by atoms with Crippen molar-refractivity contribution in [1.29, 1.82) is 0 Å². The molecule has 3 heterocycles. The normalized spacial score (nSPS) is 17.9. The molecule has 0 spiro atoms. The summed E-state index contributed by atoms with van der Waals surface area (Å²) < 4.78 is 7.51. The van der Waals surface area contributed by atoms with Gasteiger partial charge >= 0.3 is 0 Å². The van der Waals surface area contributed by atoms with Gasteiger partial charge in [0.15, 0.2) is 0 Å². The number of fused-ring (bicyclic) bond motifs is 1. The third-order valence-corrected chi connectivity index (χ3v) is 4.29. The van der Waals surface area contributed by atoms with Gasteiger partial charge in [0.1, 0.15) is 0 Å². The molecule has 0 saturated heterocycles. The first kappa shape index (κ1) is 13.9. The second-order valence-corrected chi connectivity index (χ2v) is 5.51. The summed E-state index contributed by atoms with van der Waals surface area (Å²) >= 11 is 0. The Morgan fingerprint density at radius 2 is 2.19 bits per heavy atom. The molecule has 0 aromatic carbocycles. The highest BCUT2D eigenvalue weighted by molar-refractivity contribution is 5.91. The molecule has 112 valence electrons. The fourth-order valence-corrected chi connectivity index (χ4v) is 3.10. The third-order valence-electron chi connectivity index (χ3n) is 4.29. The molecule has 1 amide bonds. The van der Waals surface area contributed by atoms with Crippen LogP contribution in [0.5, 0.6) is 0 Å². The lowest BCUT2D eigenvalue weighted by Gasteiger charge is -2.36. The van der Waals surface area contributed by atoms with E-state index >= 15 is 0 Å². The minimum atomic E-state index is -0.0563. The second-order valence-electron chi connectivity index (χ2n) is 5.51. The summed E-state index contributed by atoms with van der Waals surface area (Å²) in [6.07, 6.45) is 1.67. The van der Waals surface area contributed by atoms with Gasteiger partial charge in [-0.05, 0) is 31.9 Å². The van der Waals surface area contributed by atoms with E-state index in [9.17, 15) is 4.79 Å². The summed E-state index contributed by atoms with van der Waals surface area (Å²) in [6, 6.07) is 6.11. The third kappa shape index (κ3) is 2.26. The summed E-state index contributed by atoms with van der Waals surface area (Å²) in [4.78, 5) is 14.6. The van der Waals surface area contributed by atoms with Crippen molar-refractivity contribution in [3.8, 4) is 0 Å². The van der Waals surface area contributed by atoms with Crippen molar-refractivity contribution in [2.75, 3.05) is 6.54 Å². The van der Waals surface area contributed by atoms with Gasteiger partial charge in [-0.25, -0.2) is 0 Å². The molecule has 0 fully saturated rings. The molecular weight excluding hydrogens is 266 g/mol. The SMILES string of the molecule is CCc1cc(C(=O)N2CCn3c(C)ccc3[C@H]2CC)on1. The molecule has 0 radical (unpaired) electrons. The van der Waals surface area contributed by atoms with Crippen molar-refractivity contribution in [2.45, 2.75) is 46.2 Å². The fourth-order valence-electron chi connectivity index (χ4n) is 3.10. The number of carbonyl (C=O) groups is 1. The standard InChI is InChI=1S/C16H21N3O2/c1-4-12-10-15(21-17-12)16(20)19-9-8-18-11(3)6-7-14(18)13(19)5-2/h6-7,10,13H,4-5,8-9H2,1-3H3/t13-/m1/s1. The maximum absolute atomic E-state index is 12.7. The first-order valence-corrected chi connectivity index (χ1v) is 7.58. The van der Waals surface area contributed by atoms with Crippen LogP contribution in [0.1, 0.15) is 53.9 Å². The van der Waals surface area contributed by atoms with Crippen LogP contribution in [-0.2, 0) is 13.0 Å². The number of hydrogen-bond acceptors (Lipinski definition) is 3. The summed E-state index contributed by atoms with van der Waals surface area (Å²) in [5, 5.41) is 3.92. The topological polar surface area (TPSA) is 51.3 Å². The minimum Gasteiger partial charge on any atom is -0.351 e. The van der Waals surface area contributed by atoms with Crippen LogP contribution in [-0.4, -0.2) is 27.1 Å². The Morgan fingerprint density at radius 1 is 1.38 bits per heavy atom. The van der Waals surface area contributed by atoms with E-state index < -0.39 is 0 Å². The molecule has 2 aromatic heterocycles. The number of carbonyl (C=O) groups excluding carboxylic acids is 1.